The monoisotopic (exact) mass is 451 g/mol. The molecule has 0 saturated heterocycles. The number of aromatic nitrogens is 7. The lowest BCUT2D eigenvalue weighted by atomic mass is 9.98. The molecule has 4 aromatic heterocycles. The van der Waals surface area contributed by atoms with Gasteiger partial charge < -0.3 is 29.8 Å². The number of furan rings is 1. The normalized spacial score (nSPS) is 28.1. The Kier molecular flexibility index (Phi) is 4.10. The third-order valence-electron chi connectivity index (χ3n) is 6.76. The molecule has 13 nitrogen and oxygen atoms in total. The number of nitrogens with one attached hydrogen (secondary N) is 2. The van der Waals surface area contributed by atoms with E-state index in [2.05, 4.69) is 35.9 Å². The van der Waals surface area contributed by atoms with Gasteiger partial charge in [0.1, 0.15) is 11.8 Å². The highest BCUT2D eigenvalue weighted by Crippen LogP contribution is 2.67. The Balaban J connectivity index is 1.45. The summed E-state index contributed by atoms with van der Waals surface area (Å²) in [5, 5.41) is 35.4. The minimum atomic E-state index is -1.18. The second-order valence-corrected chi connectivity index (χ2v) is 8.33. The second kappa shape index (κ2) is 6.83. The van der Waals surface area contributed by atoms with E-state index in [9.17, 15) is 15.0 Å². The van der Waals surface area contributed by atoms with Gasteiger partial charge in [-0.1, -0.05) is 5.21 Å². The van der Waals surface area contributed by atoms with Crippen molar-refractivity contribution in [3.8, 4) is 17.4 Å². The first-order valence-corrected chi connectivity index (χ1v) is 10.5. The van der Waals surface area contributed by atoms with E-state index in [0.29, 0.717) is 34.9 Å². The molecule has 33 heavy (non-hydrogen) atoms. The Labute approximate surface area is 186 Å². The number of fused-ring (bicyclic) bond motifs is 2. The van der Waals surface area contributed by atoms with E-state index in [-0.39, 0.29) is 17.8 Å². The quantitative estimate of drug-likeness (QED) is 0.317. The molecular formula is C20H21N9O4. The van der Waals surface area contributed by atoms with Crippen LogP contribution in [0.4, 0.5) is 5.82 Å². The molecule has 4 aromatic rings. The van der Waals surface area contributed by atoms with Crippen LogP contribution in [0.5, 0.6) is 0 Å². The zero-order chi connectivity index (χ0) is 22.9. The number of imidazole rings is 1. The fourth-order valence-electron chi connectivity index (χ4n) is 5.09. The summed E-state index contributed by atoms with van der Waals surface area (Å²) in [5.74, 6) is 0.743. The standard InChI is InChI=1S/C20H21N9O4/c1-21-16-12-17(25-19(24-16)29-7-10(26-27-29)11-4-3-5-33-11)28(8-23-12)13-9-6-20(9,18(32)22-2)15(31)14(13)30/h3-5,7-9,13-15,30-31H,6H2,1-2H3,(H,22,32)(H,21,24,25)/t9?,13-,14+,15+,20-/m1/s1. The van der Waals surface area contributed by atoms with Crippen LogP contribution in [0, 0.1) is 11.3 Å². The molecule has 6 rings (SSSR count). The number of rotatable bonds is 5. The predicted octanol–water partition coefficient (Wildman–Crippen LogP) is -0.263. The van der Waals surface area contributed by atoms with Gasteiger partial charge in [-0.2, -0.15) is 14.6 Å². The van der Waals surface area contributed by atoms with E-state index in [0.717, 1.165) is 0 Å². The van der Waals surface area contributed by atoms with Crippen LogP contribution in [0.1, 0.15) is 12.5 Å². The summed E-state index contributed by atoms with van der Waals surface area (Å²) < 4.78 is 8.50. The predicted molar refractivity (Wildman–Crippen MR) is 113 cm³/mol. The molecule has 0 radical (unpaired) electrons. The Morgan fingerprint density at radius 1 is 1.30 bits per heavy atom. The number of nitrogens with zero attached hydrogens (tertiary/aromatic N) is 7. The van der Waals surface area contributed by atoms with E-state index in [1.807, 2.05) is 0 Å². The molecule has 4 N–H and O–H groups in total. The molecule has 170 valence electrons. The molecule has 0 bridgehead atoms. The molecule has 2 fully saturated rings. The van der Waals surface area contributed by atoms with Gasteiger partial charge in [-0.05, 0) is 18.6 Å². The summed E-state index contributed by atoms with van der Waals surface area (Å²) >= 11 is 0. The second-order valence-electron chi connectivity index (χ2n) is 8.33. The van der Waals surface area contributed by atoms with Gasteiger partial charge in [-0.3, -0.25) is 4.79 Å². The Bertz CT molecular complexity index is 1360. The molecule has 0 aliphatic heterocycles. The number of amides is 1. The van der Waals surface area contributed by atoms with E-state index < -0.39 is 23.7 Å². The fraction of sp³-hybridized carbons (Fsp3) is 0.400. The zero-order valence-corrected chi connectivity index (χ0v) is 17.7. The van der Waals surface area contributed by atoms with Crippen LogP contribution in [0.25, 0.3) is 28.6 Å². The molecule has 13 heteroatoms. The molecule has 0 aromatic carbocycles. The highest BCUT2D eigenvalue weighted by atomic mass is 16.3. The lowest BCUT2D eigenvalue weighted by Gasteiger charge is -2.23. The highest BCUT2D eigenvalue weighted by Gasteiger charge is 2.75. The fourth-order valence-corrected chi connectivity index (χ4v) is 5.09. The van der Waals surface area contributed by atoms with Gasteiger partial charge in [0.15, 0.2) is 22.7 Å². The Morgan fingerprint density at radius 2 is 2.15 bits per heavy atom. The van der Waals surface area contributed by atoms with Gasteiger partial charge in [-0.25, -0.2) is 4.98 Å². The van der Waals surface area contributed by atoms with Gasteiger partial charge in [0, 0.05) is 20.0 Å². The minimum absolute atomic E-state index is 0.236. The number of aliphatic hydroxyl groups excluding tert-OH is 2. The summed E-state index contributed by atoms with van der Waals surface area (Å²) in [6, 6.07) is 2.96. The van der Waals surface area contributed by atoms with Gasteiger partial charge in [0.25, 0.3) is 5.95 Å². The molecule has 4 heterocycles. The van der Waals surface area contributed by atoms with Gasteiger partial charge in [-0.15, -0.1) is 5.10 Å². The van der Waals surface area contributed by atoms with E-state index in [1.165, 1.54) is 11.7 Å². The number of hydrogen-bond acceptors (Lipinski definition) is 10. The summed E-state index contributed by atoms with van der Waals surface area (Å²) in [6.07, 6.45) is 2.89. The van der Waals surface area contributed by atoms with Crippen molar-refractivity contribution in [1.29, 1.82) is 0 Å². The van der Waals surface area contributed by atoms with Crippen molar-refractivity contribution in [1.82, 2.24) is 39.8 Å². The molecule has 2 saturated carbocycles. The Morgan fingerprint density at radius 3 is 2.88 bits per heavy atom. The summed E-state index contributed by atoms with van der Waals surface area (Å²) in [7, 11) is 3.24. The van der Waals surface area contributed by atoms with Gasteiger partial charge >= 0.3 is 0 Å². The first-order valence-electron chi connectivity index (χ1n) is 10.5. The van der Waals surface area contributed by atoms with Crippen LogP contribution in [0.15, 0.2) is 35.3 Å². The van der Waals surface area contributed by atoms with Crippen LogP contribution >= 0.6 is 0 Å². The highest BCUT2D eigenvalue weighted by molar-refractivity contribution is 5.88. The Hall–Kier alpha value is -3.84. The lowest BCUT2D eigenvalue weighted by molar-refractivity contribution is -0.132. The molecule has 2 aliphatic carbocycles. The van der Waals surface area contributed by atoms with Gasteiger partial charge in [0.2, 0.25) is 5.91 Å². The molecule has 1 unspecified atom stereocenters. The molecular weight excluding hydrogens is 430 g/mol. The third kappa shape index (κ3) is 2.60. The first-order chi connectivity index (χ1) is 16.0. The number of carbonyl (C=O) groups excluding carboxylic acids is 1. The van der Waals surface area contributed by atoms with Crippen LogP contribution < -0.4 is 10.6 Å². The first kappa shape index (κ1) is 19.8. The van der Waals surface area contributed by atoms with E-state index >= 15 is 0 Å². The van der Waals surface area contributed by atoms with Crippen molar-refractivity contribution >= 4 is 22.9 Å². The van der Waals surface area contributed by atoms with E-state index in [1.54, 1.807) is 42.5 Å². The molecule has 0 spiro atoms. The van der Waals surface area contributed by atoms with Crippen molar-refractivity contribution in [3.63, 3.8) is 0 Å². The minimum Gasteiger partial charge on any atom is -0.463 e. The average Bonchev–Trinajstić information content (AvgIpc) is 3.32. The van der Waals surface area contributed by atoms with Crippen molar-refractivity contribution in [2.24, 2.45) is 11.3 Å². The number of aliphatic hydroxyl groups is 2. The summed E-state index contributed by atoms with van der Waals surface area (Å²) in [5.41, 5.74) is 0.453. The SMILES string of the molecule is CNC(=O)[C@]12CC1[C@@H](n1cnc3c(NC)nc(-n4cc(-c5ccco5)nn4)nc31)[C@H](O)[C@@H]2O. The number of hydrogen-bond donors (Lipinski definition) is 4. The summed E-state index contributed by atoms with van der Waals surface area (Å²) in [4.78, 5) is 26.1. The van der Waals surface area contributed by atoms with Crippen molar-refractivity contribution in [2.45, 2.75) is 24.7 Å². The smallest absolute Gasteiger partial charge is 0.256 e. The number of anilines is 1. The lowest BCUT2D eigenvalue weighted by Crippen LogP contribution is -2.41. The van der Waals surface area contributed by atoms with Crippen LogP contribution in [-0.2, 0) is 4.79 Å². The maximum Gasteiger partial charge on any atom is 0.256 e. The van der Waals surface area contributed by atoms with Crippen LogP contribution in [0.3, 0.4) is 0 Å². The van der Waals surface area contributed by atoms with E-state index in [4.69, 9.17) is 4.42 Å². The van der Waals surface area contributed by atoms with Crippen LogP contribution in [0.2, 0.25) is 0 Å². The number of carbonyl (C=O) groups is 1. The molecule has 1 amide bonds. The van der Waals surface area contributed by atoms with Crippen molar-refractivity contribution in [2.75, 3.05) is 19.4 Å². The average molecular weight is 451 g/mol. The molecule has 2 aliphatic rings. The van der Waals surface area contributed by atoms with Crippen LogP contribution in [-0.4, -0.2) is 76.9 Å². The molecule has 5 atom stereocenters. The third-order valence-corrected chi connectivity index (χ3v) is 6.76. The summed E-state index contributed by atoms with van der Waals surface area (Å²) in [6.45, 7) is 0. The zero-order valence-electron chi connectivity index (χ0n) is 17.7. The topological polar surface area (TPSA) is 169 Å². The maximum absolute atomic E-state index is 12.5. The van der Waals surface area contributed by atoms with Crippen molar-refractivity contribution in [3.05, 3.63) is 30.9 Å². The van der Waals surface area contributed by atoms with Gasteiger partial charge in [0.05, 0.1) is 36.3 Å². The van der Waals surface area contributed by atoms with Crippen molar-refractivity contribution < 1.29 is 19.4 Å². The largest absolute Gasteiger partial charge is 0.463 e. The maximum atomic E-state index is 12.5.